The third kappa shape index (κ3) is 5.03. The number of amides is 3. The number of methoxy groups -OCH3 is 1. The molecule has 0 radical (unpaired) electrons. The van der Waals surface area contributed by atoms with Crippen molar-refractivity contribution >= 4 is 17.6 Å². The van der Waals surface area contributed by atoms with Crippen LogP contribution in [0.15, 0.2) is 36.4 Å². The Morgan fingerprint density at radius 2 is 1.61 bits per heavy atom. The van der Waals surface area contributed by atoms with Crippen LogP contribution >= 0.6 is 0 Å². The highest BCUT2D eigenvalue weighted by molar-refractivity contribution is 5.98. The van der Waals surface area contributed by atoms with E-state index >= 15 is 0 Å². The van der Waals surface area contributed by atoms with E-state index in [0.717, 1.165) is 16.7 Å². The van der Waals surface area contributed by atoms with Gasteiger partial charge in [0.05, 0.1) is 12.6 Å². The lowest BCUT2D eigenvalue weighted by Gasteiger charge is -2.35. The number of nitrogens with one attached hydrogen (secondary N) is 2. The number of anilines is 1. The molecule has 0 bridgehead atoms. The molecule has 0 aromatic heterocycles. The standard InChI is InChI=1S/C22H29N3O3/c1-14-11-15(2)13-17(12-14)20(26)25(22(4,5)6)24-21(27)23-18-9-8-10-19(28-7)16(18)3/h8-13H,1-7H3,(H2,23,24,27). The molecular weight excluding hydrogens is 354 g/mol. The molecule has 3 amide bonds. The van der Waals surface area contributed by atoms with Gasteiger partial charge in [-0.1, -0.05) is 23.3 Å². The molecule has 0 heterocycles. The summed E-state index contributed by atoms with van der Waals surface area (Å²) in [5.74, 6) is 0.411. The number of benzene rings is 2. The molecule has 150 valence electrons. The molecule has 0 aliphatic carbocycles. The Hall–Kier alpha value is -3.02. The maximum absolute atomic E-state index is 13.1. The number of hydrazine groups is 1. The van der Waals surface area contributed by atoms with Crippen molar-refractivity contribution in [2.45, 2.75) is 47.1 Å². The van der Waals surface area contributed by atoms with E-state index in [9.17, 15) is 9.59 Å². The third-order valence-corrected chi connectivity index (χ3v) is 4.31. The number of hydrogen-bond acceptors (Lipinski definition) is 3. The molecule has 2 aromatic rings. The van der Waals surface area contributed by atoms with E-state index in [1.54, 1.807) is 19.2 Å². The van der Waals surface area contributed by atoms with Crippen LogP contribution in [0.1, 0.15) is 47.8 Å². The zero-order valence-corrected chi connectivity index (χ0v) is 17.6. The topological polar surface area (TPSA) is 70.7 Å². The van der Waals surface area contributed by atoms with Gasteiger partial charge in [-0.3, -0.25) is 4.79 Å². The molecule has 0 fully saturated rings. The van der Waals surface area contributed by atoms with Crippen LogP contribution in [0.5, 0.6) is 5.75 Å². The van der Waals surface area contributed by atoms with Crippen LogP contribution < -0.4 is 15.5 Å². The van der Waals surface area contributed by atoms with Gasteiger partial charge in [0, 0.05) is 16.8 Å². The number of rotatable bonds is 3. The van der Waals surface area contributed by atoms with Gasteiger partial charge in [-0.15, -0.1) is 0 Å². The van der Waals surface area contributed by atoms with Gasteiger partial charge in [0.2, 0.25) is 0 Å². The van der Waals surface area contributed by atoms with Gasteiger partial charge in [0.25, 0.3) is 5.91 Å². The molecule has 6 nitrogen and oxygen atoms in total. The second-order valence-corrected chi connectivity index (χ2v) is 7.89. The summed E-state index contributed by atoms with van der Waals surface area (Å²) in [6.07, 6.45) is 0. The van der Waals surface area contributed by atoms with Crippen LogP contribution in [0.4, 0.5) is 10.5 Å². The molecular formula is C22H29N3O3. The van der Waals surface area contributed by atoms with E-state index in [0.29, 0.717) is 17.0 Å². The highest BCUT2D eigenvalue weighted by Gasteiger charge is 2.29. The minimum absolute atomic E-state index is 0.267. The smallest absolute Gasteiger partial charge is 0.338 e. The summed E-state index contributed by atoms with van der Waals surface area (Å²) in [5.41, 5.74) is 6.03. The number of aryl methyl sites for hydroxylation is 2. The molecule has 0 saturated heterocycles. The molecule has 0 saturated carbocycles. The summed E-state index contributed by atoms with van der Waals surface area (Å²) in [5, 5.41) is 4.15. The average Bonchev–Trinajstić information content (AvgIpc) is 2.59. The number of hydrogen-bond donors (Lipinski definition) is 2. The van der Waals surface area contributed by atoms with Crippen LogP contribution in [0.25, 0.3) is 0 Å². The predicted molar refractivity (Wildman–Crippen MR) is 112 cm³/mol. The molecule has 0 unspecified atom stereocenters. The third-order valence-electron chi connectivity index (χ3n) is 4.31. The number of carbonyl (C=O) groups is 2. The van der Waals surface area contributed by atoms with Crippen molar-refractivity contribution in [2.75, 3.05) is 12.4 Å². The van der Waals surface area contributed by atoms with E-state index in [2.05, 4.69) is 10.7 Å². The van der Waals surface area contributed by atoms with Gasteiger partial charge in [0.1, 0.15) is 5.75 Å². The summed E-state index contributed by atoms with van der Waals surface area (Å²) in [6.45, 7) is 11.3. The summed E-state index contributed by atoms with van der Waals surface area (Å²) >= 11 is 0. The summed E-state index contributed by atoms with van der Waals surface area (Å²) < 4.78 is 5.28. The van der Waals surface area contributed by atoms with Crippen molar-refractivity contribution in [3.8, 4) is 5.75 Å². The van der Waals surface area contributed by atoms with Crippen molar-refractivity contribution < 1.29 is 14.3 Å². The number of carbonyl (C=O) groups excluding carboxylic acids is 2. The van der Waals surface area contributed by atoms with Gasteiger partial charge >= 0.3 is 6.03 Å². The lowest BCUT2D eigenvalue weighted by molar-refractivity contribution is 0.0460. The Morgan fingerprint density at radius 3 is 2.14 bits per heavy atom. The van der Waals surface area contributed by atoms with E-state index in [-0.39, 0.29) is 5.91 Å². The van der Waals surface area contributed by atoms with Gasteiger partial charge in [-0.05, 0) is 65.8 Å². The average molecular weight is 383 g/mol. The van der Waals surface area contributed by atoms with E-state index in [1.165, 1.54) is 5.01 Å². The lowest BCUT2D eigenvalue weighted by atomic mass is 10.0. The van der Waals surface area contributed by atoms with E-state index in [1.807, 2.05) is 65.8 Å². The minimum atomic E-state index is -0.616. The Kier molecular flexibility index (Phi) is 6.33. The Labute approximate surface area is 166 Å². The number of urea groups is 1. The van der Waals surface area contributed by atoms with Crippen molar-refractivity contribution in [3.05, 3.63) is 58.7 Å². The second-order valence-electron chi connectivity index (χ2n) is 7.89. The molecule has 2 aromatic carbocycles. The molecule has 0 spiro atoms. The summed E-state index contributed by atoms with van der Waals surface area (Å²) in [6, 6.07) is 10.5. The lowest BCUT2D eigenvalue weighted by Crippen LogP contribution is -2.56. The first-order chi connectivity index (χ1) is 13.0. The van der Waals surface area contributed by atoms with Crippen molar-refractivity contribution in [3.63, 3.8) is 0 Å². The largest absolute Gasteiger partial charge is 0.496 e. The molecule has 0 aliphatic rings. The fraction of sp³-hybridized carbons (Fsp3) is 0.364. The molecule has 0 atom stereocenters. The van der Waals surface area contributed by atoms with Gasteiger partial charge < -0.3 is 10.1 Å². The zero-order valence-electron chi connectivity index (χ0n) is 17.6. The Balaban J connectivity index is 2.25. The highest BCUT2D eigenvalue weighted by Crippen LogP contribution is 2.25. The van der Waals surface area contributed by atoms with Crippen LogP contribution in [0.2, 0.25) is 0 Å². The first-order valence-electron chi connectivity index (χ1n) is 9.17. The molecule has 28 heavy (non-hydrogen) atoms. The Morgan fingerprint density at radius 1 is 1.00 bits per heavy atom. The number of nitrogens with zero attached hydrogens (tertiary/aromatic N) is 1. The van der Waals surface area contributed by atoms with Crippen LogP contribution in [0.3, 0.4) is 0 Å². The van der Waals surface area contributed by atoms with Crippen molar-refractivity contribution in [1.82, 2.24) is 10.4 Å². The summed E-state index contributed by atoms with van der Waals surface area (Å²) in [7, 11) is 1.58. The van der Waals surface area contributed by atoms with Gasteiger partial charge in [0.15, 0.2) is 0 Å². The molecule has 2 N–H and O–H groups in total. The highest BCUT2D eigenvalue weighted by atomic mass is 16.5. The van der Waals surface area contributed by atoms with Crippen molar-refractivity contribution in [2.24, 2.45) is 0 Å². The maximum Gasteiger partial charge on any atom is 0.338 e. The zero-order chi connectivity index (χ0) is 21.1. The minimum Gasteiger partial charge on any atom is -0.496 e. The predicted octanol–water partition coefficient (Wildman–Crippen LogP) is 4.60. The molecule has 0 aliphatic heterocycles. The quantitative estimate of drug-likeness (QED) is 0.761. The van der Waals surface area contributed by atoms with Crippen LogP contribution in [0, 0.1) is 20.8 Å². The monoisotopic (exact) mass is 383 g/mol. The van der Waals surface area contributed by atoms with E-state index < -0.39 is 11.6 Å². The molecule has 6 heteroatoms. The Bertz CT molecular complexity index is 865. The van der Waals surface area contributed by atoms with Gasteiger partial charge in [-0.2, -0.15) is 0 Å². The van der Waals surface area contributed by atoms with Gasteiger partial charge in [-0.25, -0.2) is 15.2 Å². The first kappa shape index (κ1) is 21.3. The fourth-order valence-corrected chi connectivity index (χ4v) is 2.97. The van der Waals surface area contributed by atoms with E-state index in [4.69, 9.17) is 4.74 Å². The second kappa shape index (κ2) is 8.33. The molecule has 2 rings (SSSR count). The number of ether oxygens (including phenoxy) is 1. The SMILES string of the molecule is COc1cccc(NC(=O)NN(C(=O)c2cc(C)cc(C)c2)C(C)(C)C)c1C. The van der Waals surface area contributed by atoms with Crippen LogP contribution in [-0.2, 0) is 0 Å². The normalized spacial score (nSPS) is 11.0. The maximum atomic E-state index is 13.1. The summed E-state index contributed by atoms with van der Waals surface area (Å²) in [4.78, 5) is 25.7. The fourth-order valence-electron chi connectivity index (χ4n) is 2.97. The first-order valence-corrected chi connectivity index (χ1v) is 9.17. The van der Waals surface area contributed by atoms with Crippen molar-refractivity contribution in [1.29, 1.82) is 0 Å². The van der Waals surface area contributed by atoms with Crippen LogP contribution in [-0.4, -0.2) is 29.6 Å².